The number of nitrogens with one attached hydrogen (secondary N) is 2. The summed E-state index contributed by atoms with van der Waals surface area (Å²) in [5, 5.41) is 10.2. The summed E-state index contributed by atoms with van der Waals surface area (Å²) in [6.45, 7) is 10.1. The Hall–Kier alpha value is -3.68. The van der Waals surface area contributed by atoms with E-state index < -0.39 is 11.8 Å². The number of aromatic nitrogens is 2. The fourth-order valence-corrected chi connectivity index (χ4v) is 3.17. The van der Waals surface area contributed by atoms with Gasteiger partial charge in [0.1, 0.15) is 18.2 Å². The molecule has 33 heavy (non-hydrogen) atoms. The van der Waals surface area contributed by atoms with Crippen molar-refractivity contribution in [2.75, 3.05) is 23.7 Å². The number of rotatable bonds is 6. The molecule has 0 bridgehead atoms. The number of anilines is 2. The number of urea groups is 1. The van der Waals surface area contributed by atoms with Gasteiger partial charge in [-0.25, -0.2) is 13.9 Å². The smallest absolute Gasteiger partial charge is 0.315 e. The number of carbonyl (C=O) groups excluding carboxylic acids is 2. The Morgan fingerprint density at radius 3 is 2.36 bits per heavy atom. The molecule has 0 atom stereocenters. The molecule has 0 aliphatic rings. The van der Waals surface area contributed by atoms with Crippen molar-refractivity contribution in [2.24, 2.45) is 0 Å². The van der Waals surface area contributed by atoms with Crippen molar-refractivity contribution in [1.82, 2.24) is 14.7 Å². The first-order valence-electron chi connectivity index (χ1n) is 10.9. The van der Waals surface area contributed by atoms with E-state index in [2.05, 4.69) is 31.4 Å². The lowest BCUT2D eigenvalue weighted by atomic mass is 9.92. The average Bonchev–Trinajstić information content (AvgIpc) is 3.16. The summed E-state index contributed by atoms with van der Waals surface area (Å²) in [7, 11) is 0. The maximum Gasteiger partial charge on any atom is 0.322 e. The molecule has 0 saturated heterocycles. The van der Waals surface area contributed by atoms with E-state index in [9.17, 15) is 14.0 Å². The Labute approximate surface area is 193 Å². The highest BCUT2D eigenvalue weighted by molar-refractivity contribution is 5.96. The summed E-state index contributed by atoms with van der Waals surface area (Å²) in [5.41, 5.74) is 2.88. The van der Waals surface area contributed by atoms with Crippen molar-refractivity contribution in [3.8, 4) is 5.69 Å². The van der Waals surface area contributed by atoms with Gasteiger partial charge in [0.15, 0.2) is 0 Å². The highest BCUT2D eigenvalue weighted by Crippen LogP contribution is 2.26. The van der Waals surface area contributed by atoms with Crippen molar-refractivity contribution >= 4 is 23.4 Å². The summed E-state index contributed by atoms with van der Waals surface area (Å²) >= 11 is 0. The van der Waals surface area contributed by atoms with Gasteiger partial charge in [0.2, 0.25) is 5.91 Å². The van der Waals surface area contributed by atoms with Gasteiger partial charge in [0, 0.05) is 23.7 Å². The first-order chi connectivity index (χ1) is 15.6. The SMILES string of the molecule is CCN(CC(=O)Nc1cc(C(C)(C)C)nn1-c1ccc(C)cc1)C(=O)Nc1cccc(F)c1. The van der Waals surface area contributed by atoms with Crippen LogP contribution in [0.25, 0.3) is 5.69 Å². The van der Waals surface area contributed by atoms with Gasteiger partial charge in [-0.05, 0) is 44.2 Å². The van der Waals surface area contributed by atoms with E-state index in [0.29, 0.717) is 18.1 Å². The van der Waals surface area contributed by atoms with Crippen molar-refractivity contribution in [2.45, 2.75) is 40.0 Å². The maximum absolute atomic E-state index is 13.4. The van der Waals surface area contributed by atoms with Crippen LogP contribution in [0.1, 0.15) is 39.0 Å². The second-order valence-corrected chi connectivity index (χ2v) is 8.92. The van der Waals surface area contributed by atoms with E-state index in [1.807, 2.05) is 37.3 Å². The molecule has 3 rings (SSSR count). The van der Waals surface area contributed by atoms with Gasteiger partial charge in [-0.3, -0.25) is 4.79 Å². The van der Waals surface area contributed by atoms with Crippen LogP contribution >= 0.6 is 0 Å². The van der Waals surface area contributed by atoms with E-state index in [4.69, 9.17) is 5.10 Å². The van der Waals surface area contributed by atoms with Gasteiger partial charge in [0.05, 0.1) is 11.4 Å². The van der Waals surface area contributed by atoms with E-state index in [1.54, 1.807) is 17.7 Å². The molecule has 1 aromatic heterocycles. The normalized spacial score (nSPS) is 11.2. The summed E-state index contributed by atoms with van der Waals surface area (Å²) in [6.07, 6.45) is 0. The van der Waals surface area contributed by atoms with E-state index in [-0.39, 0.29) is 17.9 Å². The van der Waals surface area contributed by atoms with Crippen LogP contribution in [-0.4, -0.2) is 39.7 Å². The lowest BCUT2D eigenvalue weighted by molar-refractivity contribution is -0.116. The third-order valence-electron chi connectivity index (χ3n) is 5.10. The molecule has 3 amide bonds. The molecular formula is C25H30FN5O2. The van der Waals surface area contributed by atoms with Gasteiger partial charge in [-0.15, -0.1) is 0 Å². The lowest BCUT2D eigenvalue weighted by Crippen LogP contribution is -2.40. The molecule has 0 spiro atoms. The monoisotopic (exact) mass is 451 g/mol. The fraction of sp³-hybridized carbons (Fsp3) is 0.320. The van der Waals surface area contributed by atoms with Crippen LogP contribution in [0.5, 0.6) is 0 Å². The first kappa shape index (κ1) is 24.0. The van der Waals surface area contributed by atoms with Crippen LogP contribution in [0.4, 0.5) is 20.7 Å². The summed E-state index contributed by atoms with van der Waals surface area (Å²) in [5.74, 6) is -0.289. The summed E-state index contributed by atoms with van der Waals surface area (Å²) in [4.78, 5) is 26.8. The Morgan fingerprint density at radius 1 is 1.06 bits per heavy atom. The molecule has 0 saturated carbocycles. The Kier molecular flexibility index (Phi) is 7.16. The predicted octanol–water partition coefficient (Wildman–Crippen LogP) is 5.11. The number of carbonyl (C=O) groups is 2. The third-order valence-corrected chi connectivity index (χ3v) is 5.10. The minimum Gasteiger partial charge on any atom is -0.315 e. The van der Waals surface area contributed by atoms with Crippen LogP contribution in [0.15, 0.2) is 54.6 Å². The Bertz CT molecular complexity index is 1130. The number of aryl methyl sites for hydroxylation is 1. The maximum atomic E-state index is 13.4. The molecule has 0 radical (unpaired) electrons. The van der Waals surface area contributed by atoms with Gasteiger partial charge >= 0.3 is 6.03 Å². The van der Waals surface area contributed by atoms with Crippen LogP contribution in [0.2, 0.25) is 0 Å². The quantitative estimate of drug-likeness (QED) is 0.547. The molecule has 7 nitrogen and oxygen atoms in total. The number of benzene rings is 2. The number of amides is 3. The average molecular weight is 452 g/mol. The molecule has 0 fully saturated rings. The van der Waals surface area contributed by atoms with Crippen LogP contribution in [-0.2, 0) is 10.2 Å². The Morgan fingerprint density at radius 2 is 1.76 bits per heavy atom. The third kappa shape index (κ3) is 6.19. The molecule has 3 aromatic rings. The largest absolute Gasteiger partial charge is 0.322 e. The first-order valence-corrected chi connectivity index (χ1v) is 10.9. The molecular weight excluding hydrogens is 421 g/mol. The number of hydrogen-bond acceptors (Lipinski definition) is 3. The number of likely N-dealkylation sites (N-methyl/N-ethyl adjacent to an activating group) is 1. The van der Waals surface area contributed by atoms with Crippen LogP contribution in [0.3, 0.4) is 0 Å². The fourth-order valence-electron chi connectivity index (χ4n) is 3.17. The van der Waals surface area contributed by atoms with E-state index in [0.717, 1.165) is 16.9 Å². The summed E-state index contributed by atoms with van der Waals surface area (Å²) in [6, 6.07) is 14.8. The zero-order valence-electron chi connectivity index (χ0n) is 19.6. The van der Waals surface area contributed by atoms with Crippen molar-refractivity contribution in [3.63, 3.8) is 0 Å². The second-order valence-electron chi connectivity index (χ2n) is 8.92. The van der Waals surface area contributed by atoms with Gasteiger partial charge in [-0.1, -0.05) is 44.5 Å². The standard InChI is InChI=1S/C25H30FN5O2/c1-6-30(24(33)27-19-9-7-8-18(26)14-19)16-23(32)28-22-15-21(25(3,4)5)29-31(22)20-12-10-17(2)11-13-20/h7-15H,6,16H2,1-5H3,(H,27,33)(H,28,32). The molecule has 0 unspecified atom stereocenters. The van der Waals surface area contributed by atoms with Gasteiger partial charge in [0.25, 0.3) is 0 Å². The highest BCUT2D eigenvalue weighted by atomic mass is 19.1. The lowest BCUT2D eigenvalue weighted by Gasteiger charge is -2.21. The predicted molar refractivity (Wildman–Crippen MR) is 128 cm³/mol. The molecule has 0 aliphatic carbocycles. The van der Waals surface area contributed by atoms with E-state index >= 15 is 0 Å². The topological polar surface area (TPSA) is 79.3 Å². The highest BCUT2D eigenvalue weighted by Gasteiger charge is 2.23. The number of nitrogens with zero attached hydrogens (tertiary/aromatic N) is 3. The van der Waals surface area contributed by atoms with Crippen molar-refractivity contribution < 1.29 is 14.0 Å². The number of hydrogen-bond donors (Lipinski definition) is 2. The van der Waals surface area contributed by atoms with Crippen molar-refractivity contribution in [3.05, 3.63) is 71.7 Å². The van der Waals surface area contributed by atoms with Gasteiger partial charge < -0.3 is 15.5 Å². The number of halogens is 1. The van der Waals surface area contributed by atoms with Gasteiger partial charge in [-0.2, -0.15) is 5.10 Å². The molecule has 0 aliphatic heterocycles. The molecule has 1 heterocycles. The zero-order valence-corrected chi connectivity index (χ0v) is 19.6. The molecule has 2 aromatic carbocycles. The van der Waals surface area contributed by atoms with Crippen LogP contribution < -0.4 is 10.6 Å². The minimum absolute atomic E-state index is 0.165. The zero-order chi connectivity index (χ0) is 24.2. The van der Waals surface area contributed by atoms with E-state index in [1.165, 1.54) is 23.1 Å². The Balaban J connectivity index is 1.77. The van der Waals surface area contributed by atoms with Crippen molar-refractivity contribution in [1.29, 1.82) is 0 Å². The molecule has 174 valence electrons. The second kappa shape index (κ2) is 9.85. The minimum atomic E-state index is -0.485. The molecule has 2 N–H and O–H groups in total. The summed E-state index contributed by atoms with van der Waals surface area (Å²) < 4.78 is 15.1. The molecule has 8 heteroatoms. The van der Waals surface area contributed by atoms with Crippen LogP contribution in [0, 0.1) is 12.7 Å².